The summed E-state index contributed by atoms with van der Waals surface area (Å²) >= 11 is 12.0. The predicted octanol–water partition coefficient (Wildman–Crippen LogP) is 3.32. The highest BCUT2D eigenvalue weighted by atomic mass is 35.5. The molecule has 0 saturated heterocycles. The lowest BCUT2D eigenvalue weighted by molar-refractivity contribution is 0.210. The topological polar surface area (TPSA) is 29.5 Å². The van der Waals surface area contributed by atoms with Crippen molar-refractivity contribution in [2.75, 3.05) is 13.7 Å². The molecule has 0 bridgehead atoms. The summed E-state index contributed by atoms with van der Waals surface area (Å²) in [6.45, 7) is 0.209. The zero-order valence-corrected chi connectivity index (χ0v) is 10.6. The number of ether oxygens (including phenoxy) is 1. The van der Waals surface area contributed by atoms with Gasteiger partial charge in [-0.1, -0.05) is 23.2 Å². The maximum atomic E-state index is 9.31. The normalized spacial score (nSPS) is 17.2. The van der Waals surface area contributed by atoms with Crippen LogP contribution in [0.25, 0.3) is 0 Å². The minimum Gasteiger partial charge on any atom is -0.495 e. The summed E-state index contributed by atoms with van der Waals surface area (Å²) in [5, 5.41) is 10.4. The Morgan fingerprint density at radius 1 is 1.38 bits per heavy atom. The number of hydrogen-bond acceptors (Lipinski definition) is 2. The zero-order chi connectivity index (χ0) is 11.8. The summed E-state index contributed by atoms with van der Waals surface area (Å²) in [6.07, 6.45) is 2.88. The molecule has 2 rings (SSSR count). The fourth-order valence-electron chi connectivity index (χ4n) is 1.95. The van der Waals surface area contributed by atoms with Crippen molar-refractivity contribution < 1.29 is 9.84 Å². The van der Waals surface area contributed by atoms with Gasteiger partial charge in [0.25, 0.3) is 0 Å². The molecule has 0 aromatic heterocycles. The monoisotopic (exact) mass is 260 g/mol. The highest BCUT2D eigenvalue weighted by Gasteiger charge is 2.42. The SMILES string of the molecule is COc1c(Cl)cc(Cl)cc1CC1(CO)CC1. The van der Waals surface area contributed by atoms with E-state index in [1.54, 1.807) is 13.2 Å². The summed E-state index contributed by atoms with van der Waals surface area (Å²) in [5.74, 6) is 0.672. The van der Waals surface area contributed by atoms with E-state index in [2.05, 4.69) is 0 Å². The Hall–Kier alpha value is -0.440. The minimum absolute atomic E-state index is 0.0291. The Labute approximate surface area is 105 Å². The van der Waals surface area contributed by atoms with E-state index >= 15 is 0 Å². The Morgan fingerprint density at radius 3 is 2.56 bits per heavy atom. The molecule has 0 aliphatic heterocycles. The molecule has 16 heavy (non-hydrogen) atoms. The second kappa shape index (κ2) is 4.44. The molecular formula is C12H14Cl2O2. The van der Waals surface area contributed by atoms with Crippen LogP contribution < -0.4 is 4.74 Å². The minimum atomic E-state index is 0.0291. The lowest BCUT2D eigenvalue weighted by atomic mass is 9.97. The van der Waals surface area contributed by atoms with Crippen LogP contribution in [0.1, 0.15) is 18.4 Å². The maximum Gasteiger partial charge on any atom is 0.140 e. The van der Waals surface area contributed by atoms with Crippen LogP contribution in [0.2, 0.25) is 10.0 Å². The predicted molar refractivity (Wildman–Crippen MR) is 65.5 cm³/mol. The average molecular weight is 261 g/mol. The molecule has 1 saturated carbocycles. The number of aliphatic hydroxyl groups is 1. The molecule has 0 unspecified atom stereocenters. The lowest BCUT2D eigenvalue weighted by Gasteiger charge is -2.16. The van der Waals surface area contributed by atoms with Crippen LogP contribution in [0.4, 0.5) is 0 Å². The molecule has 0 radical (unpaired) electrons. The maximum absolute atomic E-state index is 9.31. The zero-order valence-electron chi connectivity index (χ0n) is 9.09. The van der Waals surface area contributed by atoms with Crippen molar-refractivity contribution in [3.63, 3.8) is 0 Å². The molecular weight excluding hydrogens is 247 g/mol. The Bertz CT molecular complexity index is 400. The highest BCUT2D eigenvalue weighted by molar-refractivity contribution is 6.35. The van der Waals surface area contributed by atoms with Crippen LogP contribution in [0, 0.1) is 5.41 Å². The van der Waals surface area contributed by atoms with Crippen LogP contribution in [0.3, 0.4) is 0 Å². The number of aliphatic hydroxyl groups excluding tert-OH is 1. The van der Waals surface area contributed by atoms with Crippen molar-refractivity contribution in [1.82, 2.24) is 0 Å². The number of methoxy groups -OCH3 is 1. The molecule has 1 aromatic carbocycles. The van der Waals surface area contributed by atoms with Gasteiger partial charge in [-0.25, -0.2) is 0 Å². The van der Waals surface area contributed by atoms with Gasteiger partial charge in [0.05, 0.1) is 12.1 Å². The molecule has 0 spiro atoms. The third-order valence-electron chi connectivity index (χ3n) is 3.15. The smallest absolute Gasteiger partial charge is 0.140 e. The molecule has 1 fully saturated rings. The first kappa shape index (κ1) is 12.0. The van der Waals surface area contributed by atoms with E-state index in [1.807, 2.05) is 6.07 Å². The van der Waals surface area contributed by atoms with Crippen LogP contribution >= 0.6 is 23.2 Å². The molecule has 88 valence electrons. The van der Waals surface area contributed by atoms with Gasteiger partial charge in [-0.2, -0.15) is 0 Å². The van der Waals surface area contributed by atoms with Crippen molar-refractivity contribution in [3.05, 3.63) is 27.7 Å². The van der Waals surface area contributed by atoms with Crippen LogP contribution in [0.5, 0.6) is 5.75 Å². The number of rotatable bonds is 4. The van der Waals surface area contributed by atoms with Gasteiger partial charge in [-0.3, -0.25) is 0 Å². The van der Waals surface area contributed by atoms with Gasteiger partial charge in [0.2, 0.25) is 0 Å². The summed E-state index contributed by atoms with van der Waals surface area (Å²) in [4.78, 5) is 0. The molecule has 0 amide bonds. The molecule has 4 heteroatoms. The Morgan fingerprint density at radius 2 is 2.06 bits per heavy atom. The van der Waals surface area contributed by atoms with E-state index in [4.69, 9.17) is 27.9 Å². The summed E-state index contributed by atoms with van der Waals surface area (Å²) in [6, 6.07) is 3.53. The first-order valence-corrected chi connectivity index (χ1v) is 5.98. The summed E-state index contributed by atoms with van der Waals surface area (Å²) < 4.78 is 5.28. The van der Waals surface area contributed by atoms with Gasteiger partial charge < -0.3 is 9.84 Å². The molecule has 1 N–H and O–H groups in total. The van der Waals surface area contributed by atoms with Crippen LogP contribution in [-0.2, 0) is 6.42 Å². The van der Waals surface area contributed by atoms with Gasteiger partial charge in [-0.15, -0.1) is 0 Å². The molecule has 1 aliphatic rings. The second-order valence-corrected chi connectivity index (χ2v) is 5.26. The van der Waals surface area contributed by atoms with Crippen LogP contribution in [-0.4, -0.2) is 18.8 Å². The van der Waals surface area contributed by atoms with Crippen molar-refractivity contribution in [2.24, 2.45) is 5.41 Å². The standard InChI is InChI=1S/C12H14Cl2O2/c1-16-11-8(4-9(13)5-10(11)14)6-12(7-15)2-3-12/h4-5,15H,2-3,6-7H2,1H3. The van der Waals surface area contributed by atoms with Gasteiger partial charge in [0.1, 0.15) is 5.75 Å². The molecule has 0 atom stereocenters. The fourth-order valence-corrected chi connectivity index (χ4v) is 2.56. The highest BCUT2D eigenvalue weighted by Crippen LogP contribution is 2.49. The molecule has 2 nitrogen and oxygen atoms in total. The van der Waals surface area contributed by atoms with Gasteiger partial charge in [-0.05, 0) is 42.4 Å². The fraction of sp³-hybridized carbons (Fsp3) is 0.500. The molecule has 1 aliphatic carbocycles. The summed E-state index contributed by atoms with van der Waals surface area (Å²) in [7, 11) is 1.59. The van der Waals surface area contributed by atoms with Crippen molar-refractivity contribution >= 4 is 23.2 Å². The van der Waals surface area contributed by atoms with E-state index < -0.39 is 0 Å². The van der Waals surface area contributed by atoms with Crippen molar-refractivity contribution in [2.45, 2.75) is 19.3 Å². The molecule has 1 aromatic rings. The number of benzene rings is 1. The number of halogens is 2. The third kappa shape index (κ3) is 2.29. The first-order chi connectivity index (χ1) is 7.60. The van der Waals surface area contributed by atoms with Gasteiger partial charge in [0, 0.05) is 11.6 Å². The first-order valence-electron chi connectivity index (χ1n) is 5.23. The Balaban J connectivity index is 2.31. The largest absolute Gasteiger partial charge is 0.495 e. The van der Waals surface area contributed by atoms with Crippen molar-refractivity contribution in [1.29, 1.82) is 0 Å². The Kier molecular flexibility index (Phi) is 3.34. The lowest BCUT2D eigenvalue weighted by Crippen LogP contribution is -2.11. The average Bonchev–Trinajstić information content (AvgIpc) is 2.98. The summed E-state index contributed by atoms with van der Waals surface area (Å²) in [5.41, 5.74) is 1.01. The van der Waals surface area contributed by atoms with Crippen LogP contribution in [0.15, 0.2) is 12.1 Å². The van der Waals surface area contributed by atoms with Crippen molar-refractivity contribution in [3.8, 4) is 5.75 Å². The van der Waals surface area contributed by atoms with E-state index in [0.717, 1.165) is 24.8 Å². The van der Waals surface area contributed by atoms with E-state index in [-0.39, 0.29) is 12.0 Å². The molecule has 0 heterocycles. The van der Waals surface area contributed by atoms with E-state index in [0.29, 0.717) is 15.8 Å². The quantitative estimate of drug-likeness (QED) is 0.900. The van der Waals surface area contributed by atoms with Gasteiger partial charge >= 0.3 is 0 Å². The van der Waals surface area contributed by atoms with Gasteiger partial charge in [0.15, 0.2) is 0 Å². The second-order valence-electron chi connectivity index (χ2n) is 4.41. The third-order valence-corrected chi connectivity index (χ3v) is 3.65. The van der Waals surface area contributed by atoms with E-state index in [9.17, 15) is 5.11 Å². The number of hydrogen-bond donors (Lipinski definition) is 1. The van der Waals surface area contributed by atoms with E-state index in [1.165, 1.54) is 0 Å².